The maximum Gasteiger partial charge on any atom is 0.261 e. The molecule has 4 heterocycles. The van der Waals surface area contributed by atoms with Gasteiger partial charge in [-0.25, -0.2) is 0 Å². The molecule has 4 nitrogen and oxygen atoms in total. The summed E-state index contributed by atoms with van der Waals surface area (Å²) in [5.41, 5.74) is 12.2. The first-order valence-corrected chi connectivity index (χ1v) is 20.1. The summed E-state index contributed by atoms with van der Waals surface area (Å²) in [5, 5.41) is 0. The molecule has 0 saturated carbocycles. The minimum absolute atomic E-state index is 0.0662. The zero-order chi connectivity index (χ0) is 35.3. The molecule has 0 spiro atoms. The number of hydrogen-bond donors (Lipinski definition) is 0. The third kappa shape index (κ3) is 5.52. The van der Waals surface area contributed by atoms with Crippen molar-refractivity contribution in [2.45, 2.75) is 105 Å². The molecule has 4 aliphatic heterocycles. The predicted molar refractivity (Wildman–Crippen MR) is 216 cm³/mol. The summed E-state index contributed by atoms with van der Waals surface area (Å²) in [6.45, 7) is 8.89. The van der Waals surface area contributed by atoms with Crippen molar-refractivity contribution in [1.29, 1.82) is 0 Å². The van der Waals surface area contributed by atoms with Gasteiger partial charge in [-0.2, -0.15) is 0 Å². The standard InChI is InChI=1S/C46H48B2O4/c1-5-9-13-29-17-21-37-33(25-29)47-34-26-30(14-10-6-2)18-22-38(34)50-44-41(47)43(49-37)45-42-46(44)52-40-24-20-32(16-12-8-4)28-36(40)48(42)35-27-31(15-11-7-3)19-23-39(35)51-45/h17-28H,5-16H2,1-4H3. The second-order valence-electron chi connectivity index (χ2n) is 15.3. The molecule has 0 amide bonds. The highest BCUT2D eigenvalue weighted by atomic mass is 16.5. The summed E-state index contributed by atoms with van der Waals surface area (Å²) >= 11 is 0. The van der Waals surface area contributed by atoms with Gasteiger partial charge in [0.1, 0.15) is 23.0 Å². The maximum atomic E-state index is 7.06. The smallest absolute Gasteiger partial charge is 0.261 e. The largest absolute Gasteiger partial charge is 0.454 e. The van der Waals surface area contributed by atoms with Gasteiger partial charge in [-0.15, -0.1) is 0 Å². The molecular weight excluding hydrogens is 638 g/mol. The lowest BCUT2D eigenvalue weighted by atomic mass is 9.32. The predicted octanol–water partition coefficient (Wildman–Crippen LogP) is 8.51. The topological polar surface area (TPSA) is 36.9 Å². The Labute approximate surface area is 310 Å². The van der Waals surface area contributed by atoms with E-state index >= 15 is 0 Å². The van der Waals surface area contributed by atoms with Crippen LogP contribution in [0.1, 0.15) is 101 Å². The van der Waals surface area contributed by atoms with Gasteiger partial charge in [-0.3, -0.25) is 0 Å². The van der Waals surface area contributed by atoms with Crippen molar-refractivity contribution in [3.05, 3.63) is 95.1 Å². The molecule has 0 fully saturated rings. The number of hydrogen-bond acceptors (Lipinski definition) is 4. The number of benzene rings is 5. The summed E-state index contributed by atoms with van der Waals surface area (Å²) in [4.78, 5) is 0. The molecule has 52 heavy (non-hydrogen) atoms. The van der Waals surface area contributed by atoms with Crippen LogP contribution in [0.2, 0.25) is 0 Å². The zero-order valence-electron chi connectivity index (χ0n) is 31.2. The first-order valence-electron chi connectivity index (χ1n) is 20.1. The average Bonchev–Trinajstić information content (AvgIpc) is 3.18. The van der Waals surface area contributed by atoms with Crippen LogP contribution in [-0.2, 0) is 25.7 Å². The Bertz CT molecular complexity index is 1890. The summed E-state index contributed by atoms with van der Waals surface area (Å²) < 4.78 is 28.2. The minimum atomic E-state index is -0.0662. The van der Waals surface area contributed by atoms with E-state index in [1.165, 1.54) is 44.1 Å². The highest BCUT2D eigenvalue weighted by Gasteiger charge is 2.50. The molecule has 0 atom stereocenters. The summed E-state index contributed by atoms with van der Waals surface area (Å²) in [7, 11) is 0. The molecule has 5 aromatic rings. The van der Waals surface area contributed by atoms with E-state index in [0.717, 1.165) is 134 Å². The fourth-order valence-corrected chi connectivity index (χ4v) is 8.83. The Balaban J connectivity index is 1.28. The molecule has 9 rings (SSSR count). The third-order valence-electron chi connectivity index (χ3n) is 11.6. The van der Waals surface area contributed by atoms with E-state index < -0.39 is 0 Å². The van der Waals surface area contributed by atoms with Crippen molar-refractivity contribution in [3.8, 4) is 46.0 Å². The van der Waals surface area contributed by atoms with Crippen molar-refractivity contribution in [2.24, 2.45) is 0 Å². The van der Waals surface area contributed by atoms with Crippen LogP contribution in [0.3, 0.4) is 0 Å². The van der Waals surface area contributed by atoms with E-state index in [0.29, 0.717) is 0 Å². The number of aryl methyl sites for hydroxylation is 4. The summed E-state index contributed by atoms with van der Waals surface area (Å²) in [6.07, 6.45) is 13.5. The van der Waals surface area contributed by atoms with Crippen molar-refractivity contribution in [3.63, 3.8) is 0 Å². The van der Waals surface area contributed by atoms with Gasteiger partial charge < -0.3 is 18.9 Å². The van der Waals surface area contributed by atoms with Crippen molar-refractivity contribution < 1.29 is 18.9 Å². The quantitative estimate of drug-likeness (QED) is 0.121. The fourth-order valence-electron chi connectivity index (χ4n) is 8.83. The monoisotopic (exact) mass is 686 g/mol. The second kappa shape index (κ2) is 13.8. The SMILES string of the molecule is CCCCc1ccc2c(c1)B1c3cc(CCCC)ccc3Oc3c4c5c(c(c31)O2)Oc1ccc(CCCC)cc1B5c1cc(CCCC)ccc1O4. The van der Waals surface area contributed by atoms with Crippen LogP contribution in [0.25, 0.3) is 0 Å². The highest BCUT2D eigenvalue weighted by Crippen LogP contribution is 2.49. The zero-order valence-corrected chi connectivity index (χ0v) is 31.2. The molecule has 0 radical (unpaired) electrons. The fraction of sp³-hybridized carbons (Fsp3) is 0.348. The molecule has 0 aromatic heterocycles. The van der Waals surface area contributed by atoms with Crippen LogP contribution in [0.4, 0.5) is 0 Å². The van der Waals surface area contributed by atoms with E-state index in [1.54, 1.807) is 0 Å². The molecule has 6 heteroatoms. The number of unbranched alkanes of at least 4 members (excludes halogenated alkanes) is 4. The first-order chi connectivity index (χ1) is 25.6. The van der Waals surface area contributed by atoms with Gasteiger partial charge in [0.2, 0.25) is 0 Å². The van der Waals surface area contributed by atoms with Gasteiger partial charge in [0.15, 0.2) is 23.0 Å². The Morgan fingerprint density at radius 3 is 0.846 bits per heavy atom. The van der Waals surface area contributed by atoms with Gasteiger partial charge in [0.05, 0.1) is 0 Å². The van der Waals surface area contributed by atoms with Gasteiger partial charge in [0, 0.05) is 10.9 Å². The third-order valence-corrected chi connectivity index (χ3v) is 11.6. The lowest BCUT2D eigenvalue weighted by Crippen LogP contribution is -2.61. The van der Waals surface area contributed by atoms with Gasteiger partial charge in [-0.05, 0) is 120 Å². The summed E-state index contributed by atoms with van der Waals surface area (Å²) in [6, 6.07) is 27.3. The van der Waals surface area contributed by atoms with Crippen molar-refractivity contribution in [2.75, 3.05) is 0 Å². The van der Waals surface area contributed by atoms with Crippen molar-refractivity contribution >= 4 is 46.2 Å². The van der Waals surface area contributed by atoms with E-state index in [2.05, 4.69) is 100 Å². The van der Waals surface area contributed by atoms with Crippen LogP contribution >= 0.6 is 0 Å². The van der Waals surface area contributed by atoms with E-state index in [9.17, 15) is 0 Å². The molecule has 0 saturated heterocycles. The van der Waals surface area contributed by atoms with Crippen LogP contribution < -0.4 is 51.7 Å². The van der Waals surface area contributed by atoms with Crippen LogP contribution in [-0.4, -0.2) is 13.4 Å². The molecular formula is C46H48B2O4. The number of rotatable bonds is 12. The Hall–Kier alpha value is -4.57. The summed E-state index contributed by atoms with van der Waals surface area (Å²) in [5.74, 6) is 6.62. The Morgan fingerprint density at radius 2 is 0.615 bits per heavy atom. The van der Waals surface area contributed by atoms with E-state index in [1.807, 2.05) is 0 Å². The Kier molecular flexibility index (Phi) is 8.81. The molecule has 0 unspecified atom stereocenters. The van der Waals surface area contributed by atoms with Gasteiger partial charge in [0.25, 0.3) is 13.4 Å². The van der Waals surface area contributed by atoms with E-state index in [-0.39, 0.29) is 13.4 Å². The molecule has 5 aromatic carbocycles. The number of ether oxygens (including phenoxy) is 4. The Morgan fingerprint density at radius 1 is 0.365 bits per heavy atom. The van der Waals surface area contributed by atoms with Crippen LogP contribution in [0.15, 0.2) is 72.8 Å². The molecule has 0 bridgehead atoms. The molecule has 0 N–H and O–H groups in total. The molecule has 0 aliphatic carbocycles. The normalized spacial score (nSPS) is 13.7. The molecule has 262 valence electrons. The average molecular weight is 687 g/mol. The minimum Gasteiger partial charge on any atom is -0.454 e. The first kappa shape index (κ1) is 33.3. The maximum absolute atomic E-state index is 7.06. The lowest BCUT2D eigenvalue weighted by Gasteiger charge is -2.40. The van der Waals surface area contributed by atoms with Crippen molar-refractivity contribution in [1.82, 2.24) is 0 Å². The van der Waals surface area contributed by atoms with Crippen LogP contribution in [0, 0.1) is 0 Å². The second-order valence-corrected chi connectivity index (χ2v) is 15.3. The van der Waals surface area contributed by atoms with Crippen LogP contribution in [0.5, 0.6) is 46.0 Å². The highest BCUT2D eigenvalue weighted by molar-refractivity contribution is 7.00. The van der Waals surface area contributed by atoms with Gasteiger partial charge in [-0.1, -0.05) is 102 Å². The molecule has 4 aliphatic rings. The lowest BCUT2D eigenvalue weighted by molar-refractivity contribution is 0.396. The van der Waals surface area contributed by atoms with E-state index in [4.69, 9.17) is 18.9 Å². The number of fused-ring (bicyclic) bond motifs is 10. The van der Waals surface area contributed by atoms with Gasteiger partial charge >= 0.3 is 0 Å².